The Morgan fingerprint density at radius 1 is 1.05 bits per heavy atom. The minimum Gasteiger partial charge on any atom is -0.322 e. The molecule has 0 aliphatic heterocycles. The molecule has 0 spiro atoms. The van der Waals surface area contributed by atoms with Gasteiger partial charge in [0.2, 0.25) is 0 Å². The lowest BCUT2D eigenvalue weighted by molar-refractivity contribution is 0.102. The molecule has 0 fully saturated rings. The zero-order chi connectivity index (χ0) is 14.7. The first-order chi connectivity index (χ1) is 10.2. The van der Waals surface area contributed by atoms with Crippen LogP contribution in [0.5, 0.6) is 0 Å². The first kappa shape index (κ1) is 14.0. The van der Waals surface area contributed by atoms with E-state index in [1.54, 1.807) is 29.7 Å². The predicted molar refractivity (Wildman–Crippen MR) is 89.6 cm³/mol. The Kier molecular flexibility index (Phi) is 4.13. The van der Waals surface area contributed by atoms with E-state index in [1.165, 1.54) is 0 Å². The second-order valence-corrected chi connectivity index (χ2v) is 6.19. The number of halogens is 1. The van der Waals surface area contributed by atoms with E-state index in [4.69, 9.17) is 0 Å². The number of carbonyl (C=O) groups is 1. The lowest BCUT2D eigenvalue weighted by atomic mass is 10.2. The van der Waals surface area contributed by atoms with E-state index < -0.39 is 0 Å². The van der Waals surface area contributed by atoms with Gasteiger partial charge in [0, 0.05) is 32.9 Å². The van der Waals surface area contributed by atoms with Crippen LogP contribution in [-0.2, 0) is 0 Å². The van der Waals surface area contributed by atoms with E-state index in [-0.39, 0.29) is 5.91 Å². The van der Waals surface area contributed by atoms with E-state index in [0.29, 0.717) is 5.56 Å². The van der Waals surface area contributed by atoms with E-state index in [9.17, 15) is 4.79 Å². The zero-order valence-corrected chi connectivity index (χ0v) is 13.3. The third kappa shape index (κ3) is 3.37. The summed E-state index contributed by atoms with van der Waals surface area (Å²) in [5.41, 5.74) is 2.44. The summed E-state index contributed by atoms with van der Waals surface area (Å²) < 4.78 is 0.951. The van der Waals surface area contributed by atoms with Gasteiger partial charge in [-0.15, -0.1) is 11.3 Å². The quantitative estimate of drug-likeness (QED) is 0.728. The minimum absolute atomic E-state index is 0.121. The smallest absolute Gasteiger partial charge is 0.255 e. The summed E-state index contributed by atoms with van der Waals surface area (Å²) in [6.07, 6.45) is 1.78. The van der Waals surface area contributed by atoms with Crippen molar-refractivity contribution in [1.29, 1.82) is 0 Å². The number of carbonyl (C=O) groups excluding carboxylic acids is 1. The number of nitrogens with one attached hydrogen (secondary N) is 1. The van der Waals surface area contributed by atoms with Gasteiger partial charge < -0.3 is 5.32 Å². The molecule has 3 rings (SSSR count). The monoisotopic (exact) mass is 358 g/mol. The summed E-state index contributed by atoms with van der Waals surface area (Å²) in [5, 5.41) is 5.79. The molecule has 2 aromatic carbocycles. The van der Waals surface area contributed by atoms with Gasteiger partial charge in [-0.05, 0) is 48.5 Å². The highest BCUT2D eigenvalue weighted by Crippen LogP contribution is 2.23. The van der Waals surface area contributed by atoms with Crippen LogP contribution in [0.1, 0.15) is 10.4 Å². The summed E-state index contributed by atoms with van der Waals surface area (Å²) in [4.78, 5) is 16.4. The maximum atomic E-state index is 12.1. The van der Waals surface area contributed by atoms with Crippen molar-refractivity contribution in [3.63, 3.8) is 0 Å². The third-order valence-corrected chi connectivity index (χ3v) is 4.28. The van der Waals surface area contributed by atoms with Crippen LogP contribution < -0.4 is 5.32 Å². The number of thiazole rings is 1. The molecule has 5 heteroatoms. The van der Waals surface area contributed by atoms with Crippen molar-refractivity contribution in [2.45, 2.75) is 0 Å². The summed E-state index contributed by atoms with van der Waals surface area (Å²) in [7, 11) is 0. The molecule has 104 valence electrons. The van der Waals surface area contributed by atoms with Crippen LogP contribution in [0.15, 0.2) is 64.6 Å². The van der Waals surface area contributed by atoms with Gasteiger partial charge in [0.05, 0.1) is 0 Å². The van der Waals surface area contributed by atoms with Gasteiger partial charge in [-0.2, -0.15) is 0 Å². The van der Waals surface area contributed by atoms with Crippen LogP contribution in [0.3, 0.4) is 0 Å². The molecular weight excluding hydrogens is 348 g/mol. The molecule has 1 aromatic heterocycles. The van der Waals surface area contributed by atoms with Crippen molar-refractivity contribution in [3.05, 3.63) is 70.1 Å². The molecule has 3 aromatic rings. The Morgan fingerprint density at radius 2 is 1.76 bits per heavy atom. The topological polar surface area (TPSA) is 42.0 Å². The molecule has 0 bridgehead atoms. The molecule has 1 amide bonds. The molecule has 1 heterocycles. The van der Waals surface area contributed by atoms with Crippen LogP contribution in [0, 0.1) is 0 Å². The average Bonchev–Trinajstić information content (AvgIpc) is 3.03. The number of hydrogen-bond acceptors (Lipinski definition) is 3. The summed E-state index contributed by atoms with van der Waals surface area (Å²) in [5.74, 6) is -0.121. The first-order valence-electron chi connectivity index (χ1n) is 6.29. The highest BCUT2D eigenvalue weighted by molar-refractivity contribution is 9.10. The summed E-state index contributed by atoms with van der Waals surface area (Å²) >= 11 is 4.94. The van der Waals surface area contributed by atoms with E-state index in [0.717, 1.165) is 20.7 Å². The number of anilines is 1. The van der Waals surface area contributed by atoms with Crippen LogP contribution >= 0.6 is 27.3 Å². The fourth-order valence-electron chi connectivity index (χ4n) is 1.87. The van der Waals surface area contributed by atoms with Gasteiger partial charge in [0.15, 0.2) is 0 Å². The number of rotatable bonds is 3. The van der Waals surface area contributed by atoms with E-state index in [1.807, 2.05) is 41.8 Å². The van der Waals surface area contributed by atoms with Crippen molar-refractivity contribution in [2.24, 2.45) is 0 Å². The number of amides is 1. The molecule has 0 aliphatic carbocycles. The van der Waals surface area contributed by atoms with Crippen LogP contribution in [-0.4, -0.2) is 10.9 Å². The Morgan fingerprint density at radius 3 is 2.38 bits per heavy atom. The Bertz CT molecular complexity index is 737. The number of aromatic nitrogens is 1. The van der Waals surface area contributed by atoms with E-state index in [2.05, 4.69) is 26.2 Å². The first-order valence-corrected chi connectivity index (χ1v) is 7.96. The maximum Gasteiger partial charge on any atom is 0.255 e. The second-order valence-electron chi connectivity index (χ2n) is 4.38. The van der Waals surface area contributed by atoms with E-state index >= 15 is 0 Å². The SMILES string of the molecule is O=C(Nc1ccc(-c2nccs2)cc1)c1ccc(Br)cc1. The third-order valence-electron chi connectivity index (χ3n) is 2.93. The minimum atomic E-state index is -0.121. The highest BCUT2D eigenvalue weighted by atomic mass is 79.9. The van der Waals surface area contributed by atoms with Gasteiger partial charge in [-0.1, -0.05) is 15.9 Å². The van der Waals surface area contributed by atoms with Crippen LogP contribution in [0.4, 0.5) is 5.69 Å². The zero-order valence-electron chi connectivity index (χ0n) is 10.9. The molecule has 0 saturated heterocycles. The van der Waals surface area contributed by atoms with Crippen molar-refractivity contribution in [3.8, 4) is 10.6 Å². The molecular formula is C16H11BrN2OS. The molecule has 0 aliphatic rings. The van der Waals surface area contributed by atoms with Gasteiger partial charge >= 0.3 is 0 Å². The van der Waals surface area contributed by atoms with Crippen molar-refractivity contribution >= 4 is 38.9 Å². The fourth-order valence-corrected chi connectivity index (χ4v) is 2.78. The number of nitrogens with zero attached hydrogens (tertiary/aromatic N) is 1. The van der Waals surface area contributed by atoms with Gasteiger partial charge in [0.1, 0.15) is 5.01 Å². The average molecular weight is 359 g/mol. The Labute approximate surface area is 134 Å². The standard InChI is InChI=1S/C16H11BrN2OS/c17-13-5-1-11(2-6-13)15(20)19-14-7-3-12(4-8-14)16-18-9-10-21-16/h1-10H,(H,19,20). The molecule has 0 atom stereocenters. The normalized spacial score (nSPS) is 10.3. The fraction of sp³-hybridized carbons (Fsp3) is 0. The van der Waals surface area contributed by atoms with Crippen molar-refractivity contribution < 1.29 is 4.79 Å². The molecule has 3 nitrogen and oxygen atoms in total. The molecule has 1 N–H and O–H groups in total. The van der Waals surface area contributed by atoms with Gasteiger partial charge in [-0.25, -0.2) is 4.98 Å². The predicted octanol–water partition coefficient (Wildman–Crippen LogP) is 4.82. The number of hydrogen-bond donors (Lipinski definition) is 1. The highest BCUT2D eigenvalue weighted by Gasteiger charge is 2.06. The summed E-state index contributed by atoms with van der Waals surface area (Å²) in [6, 6.07) is 14.9. The van der Waals surface area contributed by atoms with Gasteiger partial charge in [-0.3, -0.25) is 4.79 Å². The maximum absolute atomic E-state index is 12.1. The van der Waals surface area contributed by atoms with Crippen molar-refractivity contribution in [2.75, 3.05) is 5.32 Å². The second kappa shape index (κ2) is 6.20. The largest absolute Gasteiger partial charge is 0.322 e. The Hall–Kier alpha value is -1.98. The number of benzene rings is 2. The van der Waals surface area contributed by atoms with Crippen LogP contribution in [0.2, 0.25) is 0 Å². The van der Waals surface area contributed by atoms with Crippen molar-refractivity contribution in [1.82, 2.24) is 4.98 Å². The molecule has 0 radical (unpaired) electrons. The Balaban J connectivity index is 1.73. The molecule has 0 unspecified atom stereocenters. The lowest BCUT2D eigenvalue weighted by Crippen LogP contribution is -2.11. The van der Waals surface area contributed by atoms with Crippen LogP contribution in [0.25, 0.3) is 10.6 Å². The molecule has 0 saturated carbocycles. The van der Waals surface area contributed by atoms with Gasteiger partial charge in [0.25, 0.3) is 5.91 Å². The molecule has 21 heavy (non-hydrogen) atoms. The summed E-state index contributed by atoms with van der Waals surface area (Å²) in [6.45, 7) is 0. The lowest BCUT2D eigenvalue weighted by Gasteiger charge is -2.06.